The molecule has 1 aliphatic heterocycles. The number of guanidine groups is 1. The van der Waals surface area contributed by atoms with Gasteiger partial charge >= 0.3 is 0 Å². The Morgan fingerprint density at radius 1 is 1.29 bits per heavy atom. The van der Waals surface area contributed by atoms with Gasteiger partial charge in [-0.15, -0.1) is 0 Å². The van der Waals surface area contributed by atoms with Crippen LogP contribution in [0.15, 0.2) is 23.2 Å². The summed E-state index contributed by atoms with van der Waals surface area (Å²) in [5, 5.41) is 16.5. The second-order valence-corrected chi connectivity index (χ2v) is 6.70. The van der Waals surface area contributed by atoms with E-state index in [-0.39, 0.29) is 6.10 Å². The highest BCUT2D eigenvalue weighted by molar-refractivity contribution is 5.80. The van der Waals surface area contributed by atoms with Crippen LogP contribution in [-0.4, -0.2) is 42.9 Å². The molecule has 132 valence electrons. The van der Waals surface area contributed by atoms with E-state index in [0.717, 1.165) is 69.9 Å². The highest BCUT2D eigenvalue weighted by atomic mass is 16.5. The maximum atomic E-state index is 9.62. The number of hydrogen-bond acceptors (Lipinski definition) is 3. The predicted octanol–water partition coefficient (Wildman–Crippen LogP) is 2.02. The topological polar surface area (TPSA) is 65.9 Å². The molecular weight excluding hydrogens is 302 g/mol. The van der Waals surface area contributed by atoms with Gasteiger partial charge in [-0.05, 0) is 56.2 Å². The fraction of sp³-hybridized carbons (Fsp3) is 0.632. The Morgan fingerprint density at radius 3 is 2.92 bits per heavy atom. The lowest BCUT2D eigenvalue weighted by atomic mass is 9.93. The lowest BCUT2D eigenvalue weighted by Crippen LogP contribution is -2.45. The van der Waals surface area contributed by atoms with Gasteiger partial charge < -0.3 is 20.5 Å². The van der Waals surface area contributed by atoms with Crippen molar-refractivity contribution in [1.82, 2.24) is 10.6 Å². The Hall–Kier alpha value is -1.75. The summed E-state index contributed by atoms with van der Waals surface area (Å²) < 4.78 is 5.55. The number of aliphatic hydroxyl groups excluding tert-OH is 1. The zero-order chi connectivity index (χ0) is 16.8. The SMILES string of the molecule is CCNC(=NCCc1ccc2c(c1)CCO2)NC1CCC(O)CC1. The van der Waals surface area contributed by atoms with Crippen molar-refractivity contribution >= 4 is 5.96 Å². The number of hydrogen-bond donors (Lipinski definition) is 3. The van der Waals surface area contributed by atoms with Gasteiger partial charge in [0.1, 0.15) is 5.75 Å². The van der Waals surface area contributed by atoms with E-state index in [1.165, 1.54) is 11.1 Å². The molecule has 0 unspecified atom stereocenters. The first-order valence-electron chi connectivity index (χ1n) is 9.22. The summed E-state index contributed by atoms with van der Waals surface area (Å²) in [7, 11) is 0. The van der Waals surface area contributed by atoms with E-state index in [9.17, 15) is 5.11 Å². The van der Waals surface area contributed by atoms with E-state index in [1.807, 2.05) is 0 Å². The molecule has 3 N–H and O–H groups in total. The largest absolute Gasteiger partial charge is 0.493 e. The smallest absolute Gasteiger partial charge is 0.191 e. The second-order valence-electron chi connectivity index (χ2n) is 6.70. The van der Waals surface area contributed by atoms with E-state index in [1.54, 1.807) is 0 Å². The zero-order valence-electron chi connectivity index (χ0n) is 14.6. The maximum absolute atomic E-state index is 9.62. The number of aliphatic imine (C=N–C) groups is 1. The quantitative estimate of drug-likeness (QED) is 0.570. The molecular formula is C19H29N3O2. The van der Waals surface area contributed by atoms with Crippen LogP contribution in [0.2, 0.25) is 0 Å². The number of rotatable bonds is 5. The molecule has 1 aromatic carbocycles. The van der Waals surface area contributed by atoms with Crippen molar-refractivity contribution in [3.63, 3.8) is 0 Å². The number of nitrogens with one attached hydrogen (secondary N) is 2. The normalized spacial score (nSPS) is 23.5. The minimum absolute atomic E-state index is 0.119. The minimum Gasteiger partial charge on any atom is -0.493 e. The summed E-state index contributed by atoms with van der Waals surface area (Å²) in [5.41, 5.74) is 2.64. The first-order valence-corrected chi connectivity index (χ1v) is 9.22. The molecule has 5 heteroatoms. The average molecular weight is 331 g/mol. The maximum Gasteiger partial charge on any atom is 0.191 e. The van der Waals surface area contributed by atoms with E-state index < -0.39 is 0 Å². The number of fused-ring (bicyclic) bond motifs is 1. The molecule has 0 atom stereocenters. The van der Waals surface area contributed by atoms with Gasteiger partial charge in [0.05, 0.1) is 12.7 Å². The monoisotopic (exact) mass is 331 g/mol. The van der Waals surface area contributed by atoms with Gasteiger partial charge in [-0.1, -0.05) is 12.1 Å². The van der Waals surface area contributed by atoms with Crippen LogP contribution in [0.5, 0.6) is 5.75 Å². The van der Waals surface area contributed by atoms with Crippen molar-refractivity contribution < 1.29 is 9.84 Å². The van der Waals surface area contributed by atoms with Crippen LogP contribution in [0.4, 0.5) is 0 Å². The third kappa shape index (κ3) is 4.63. The van der Waals surface area contributed by atoms with Crippen LogP contribution in [0, 0.1) is 0 Å². The molecule has 0 aromatic heterocycles. The first-order chi connectivity index (χ1) is 11.7. The predicted molar refractivity (Wildman–Crippen MR) is 96.7 cm³/mol. The van der Waals surface area contributed by atoms with Gasteiger partial charge in [0.15, 0.2) is 5.96 Å². The molecule has 0 saturated heterocycles. The number of nitrogens with zero attached hydrogens (tertiary/aromatic N) is 1. The van der Waals surface area contributed by atoms with Gasteiger partial charge in [0.25, 0.3) is 0 Å². The van der Waals surface area contributed by atoms with E-state index in [2.05, 4.69) is 35.8 Å². The van der Waals surface area contributed by atoms with Crippen molar-refractivity contribution in [2.24, 2.45) is 4.99 Å². The highest BCUT2D eigenvalue weighted by Crippen LogP contribution is 2.26. The Kier molecular flexibility index (Phi) is 5.96. The van der Waals surface area contributed by atoms with E-state index in [4.69, 9.17) is 9.73 Å². The third-order valence-corrected chi connectivity index (χ3v) is 4.81. The van der Waals surface area contributed by atoms with Crippen molar-refractivity contribution in [2.75, 3.05) is 19.7 Å². The van der Waals surface area contributed by atoms with Crippen molar-refractivity contribution in [2.45, 2.75) is 57.6 Å². The van der Waals surface area contributed by atoms with Crippen LogP contribution in [0.3, 0.4) is 0 Å². The number of aliphatic hydroxyl groups is 1. The first kappa shape index (κ1) is 17.1. The average Bonchev–Trinajstić information content (AvgIpc) is 3.05. The lowest BCUT2D eigenvalue weighted by molar-refractivity contribution is 0.120. The summed E-state index contributed by atoms with van der Waals surface area (Å²) >= 11 is 0. The second kappa shape index (κ2) is 8.38. The fourth-order valence-corrected chi connectivity index (χ4v) is 3.43. The van der Waals surface area contributed by atoms with Crippen molar-refractivity contribution in [3.8, 4) is 5.75 Å². The van der Waals surface area contributed by atoms with Gasteiger partial charge in [0, 0.05) is 25.6 Å². The number of benzene rings is 1. The fourth-order valence-electron chi connectivity index (χ4n) is 3.43. The third-order valence-electron chi connectivity index (χ3n) is 4.81. The van der Waals surface area contributed by atoms with E-state index >= 15 is 0 Å². The summed E-state index contributed by atoms with van der Waals surface area (Å²) in [6.45, 7) is 4.52. The molecule has 1 aromatic rings. The Balaban J connectivity index is 1.51. The zero-order valence-corrected chi connectivity index (χ0v) is 14.6. The van der Waals surface area contributed by atoms with Crippen LogP contribution < -0.4 is 15.4 Å². The Labute approximate surface area is 144 Å². The Bertz CT molecular complexity index is 566. The van der Waals surface area contributed by atoms with Crippen LogP contribution in [0.1, 0.15) is 43.7 Å². The molecule has 3 rings (SSSR count). The Morgan fingerprint density at radius 2 is 2.12 bits per heavy atom. The molecule has 0 spiro atoms. The molecule has 1 heterocycles. The molecule has 0 radical (unpaired) electrons. The minimum atomic E-state index is -0.119. The van der Waals surface area contributed by atoms with E-state index in [0.29, 0.717) is 6.04 Å². The van der Waals surface area contributed by atoms with Crippen LogP contribution >= 0.6 is 0 Å². The number of ether oxygens (including phenoxy) is 1. The van der Waals surface area contributed by atoms with Crippen LogP contribution in [0.25, 0.3) is 0 Å². The van der Waals surface area contributed by atoms with Gasteiger partial charge in [-0.2, -0.15) is 0 Å². The standard InChI is InChI=1S/C19H29N3O2/c1-2-20-19(22-16-4-6-17(23)7-5-16)21-11-9-14-3-8-18-15(13-14)10-12-24-18/h3,8,13,16-17,23H,2,4-7,9-12H2,1H3,(H2,20,21,22). The molecule has 0 bridgehead atoms. The molecule has 1 aliphatic carbocycles. The van der Waals surface area contributed by atoms with Crippen molar-refractivity contribution in [1.29, 1.82) is 0 Å². The summed E-state index contributed by atoms with van der Waals surface area (Å²) in [6, 6.07) is 6.89. The summed E-state index contributed by atoms with van der Waals surface area (Å²) in [5.74, 6) is 1.93. The molecule has 0 amide bonds. The van der Waals surface area contributed by atoms with Crippen molar-refractivity contribution in [3.05, 3.63) is 29.3 Å². The molecule has 24 heavy (non-hydrogen) atoms. The molecule has 5 nitrogen and oxygen atoms in total. The van der Waals surface area contributed by atoms with Crippen LogP contribution in [-0.2, 0) is 12.8 Å². The molecule has 2 aliphatic rings. The van der Waals surface area contributed by atoms with Gasteiger partial charge in [-0.25, -0.2) is 0 Å². The van der Waals surface area contributed by atoms with Gasteiger partial charge in [-0.3, -0.25) is 4.99 Å². The van der Waals surface area contributed by atoms with Gasteiger partial charge in [0.2, 0.25) is 0 Å². The highest BCUT2D eigenvalue weighted by Gasteiger charge is 2.20. The lowest BCUT2D eigenvalue weighted by Gasteiger charge is -2.27. The molecule has 1 fully saturated rings. The molecule has 1 saturated carbocycles. The summed E-state index contributed by atoms with van der Waals surface area (Å²) in [4.78, 5) is 4.72. The summed E-state index contributed by atoms with van der Waals surface area (Å²) in [6.07, 6.45) is 5.62.